The van der Waals surface area contributed by atoms with E-state index in [1.165, 1.54) is 6.07 Å². The fourth-order valence-electron chi connectivity index (χ4n) is 4.24. The predicted octanol–water partition coefficient (Wildman–Crippen LogP) is 5.60. The maximum Gasteiger partial charge on any atom is 0.347 e. The molecule has 0 bridgehead atoms. The second kappa shape index (κ2) is 7.74. The smallest absolute Gasteiger partial charge is 0.347 e. The van der Waals surface area contributed by atoms with Crippen molar-refractivity contribution in [3.05, 3.63) is 51.7 Å². The Morgan fingerprint density at radius 1 is 1.23 bits per heavy atom. The number of hydrogen-bond acceptors (Lipinski definition) is 4. The number of aromatic nitrogens is 3. The molecule has 164 valence electrons. The molecule has 0 amide bonds. The van der Waals surface area contributed by atoms with E-state index in [-0.39, 0.29) is 10.9 Å². The van der Waals surface area contributed by atoms with Gasteiger partial charge in [-0.15, -0.1) is 0 Å². The van der Waals surface area contributed by atoms with Crippen molar-refractivity contribution in [2.45, 2.75) is 79.2 Å². The first-order chi connectivity index (χ1) is 14.6. The number of ether oxygens (including phenoxy) is 1. The fourth-order valence-corrected chi connectivity index (χ4v) is 4.24. The third-order valence-corrected chi connectivity index (χ3v) is 6.23. The van der Waals surface area contributed by atoms with E-state index in [0.29, 0.717) is 28.8 Å². The van der Waals surface area contributed by atoms with Gasteiger partial charge >= 0.3 is 5.97 Å². The van der Waals surface area contributed by atoms with Crippen molar-refractivity contribution < 1.29 is 13.9 Å². The molecular weight excluding hydrogens is 393 g/mol. The second-order valence-corrected chi connectivity index (χ2v) is 9.45. The zero-order valence-corrected chi connectivity index (χ0v) is 19.2. The predicted molar refractivity (Wildman–Crippen MR) is 119 cm³/mol. The number of carbonyl (C=O) groups is 1. The maximum atomic E-state index is 15.0. The van der Waals surface area contributed by atoms with Gasteiger partial charge in [0.25, 0.3) is 0 Å². The van der Waals surface area contributed by atoms with Crippen LogP contribution in [-0.2, 0) is 24.8 Å². The van der Waals surface area contributed by atoms with Gasteiger partial charge in [0.15, 0.2) is 0 Å². The number of carbonyl (C=O) groups excluding carboxylic acids is 1. The molecule has 3 aromatic rings. The van der Waals surface area contributed by atoms with Crippen molar-refractivity contribution in [3.63, 3.8) is 0 Å². The fraction of sp³-hybridized carbons (Fsp3) is 0.480. The van der Waals surface area contributed by atoms with Crippen molar-refractivity contribution in [2.75, 3.05) is 0 Å². The van der Waals surface area contributed by atoms with Crippen molar-refractivity contribution in [3.8, 4) is 5.75 Å². The number of hydrogen-bond donors (Lipinski definition) is 0. The minimum absolute atomic E-state index is 0.228. The van der Waals surface area contributed by atoms with Crippen LogP contribution in [0.2, 0.25) is 0 Å². The largest absolute Gasteiger partial charge is 0.422 e. The number of rotatable bonds is 3. The molecule has 0 saturated carbocycles. The van der Waals surface area contributed by atoms with Crippen molar-refractivity contribution in [1.82, 2.24) is 14.8 Å². The van der Waals surface area contributed by atoms with Crippen LogP contribution >= 0.6 is 0 Å². The standard InChI is InChI=1S/C25H30FN3O2/c1-7-19-21(20-10-8-9-11-29(20)28-19)24(30)31-23-14(2)15(3)27-22-17(23)12-16(13-18(22)26)25(4,5)6/h12-13H,7-11H2,1-6H3. The Morgan fingerprint density at radius 3 is 2.65 bits per heavy atom. The summed E-state index contributed by atoms with van der Waals surface area (Å²) in [4.78, 5) is 17.9. The van der Waals surface area contributed by atoms with Gasteiger partial charge < -0.3 is 4.74 Å². The summed E-state index contributed by atoms with van der Waals surface area (Å²) in [5.41, 5.74) is 4.46. The van der Waals surface area contributed by atoms with Crippen molar-refractivity contribution in [1.29, 1.82) is 0 Å². The number of halogens is 1. The van der Waals surface area contributed by atoms with Crippen LogP contribution < -0.4 is 4.74 Å². The highest BCUT2D eigenvalue weighted by atomic mass is 19.1. The molecule has 0 N–H and O–H groups in total. The first-order valence-corrected chi connectivity index (χ1v) is 11.0. The average Bonchev–Trinajstić information content (AvgIpc) is 3.10. The van der Waals surface area contributed by atoms with Crippen LogP contribution in [0.25, 0.3) is 10.9 Å². The third kappa shape index (κ3) is 3.73. The van der Waals surface area contributed by atoms with E-state index >= 15 is 4.39 Å². The number of nitrogens with zero attached hydrogens (tertiary/aromatic N) is 3. The minimum Gasteiger partial charge on any atom is -0.422 e. The van der Waals surface area contributed by atoms with Gasteiger partial charge in [0.05, 0.1) is 11.4 Å². The van der Waals surface area contributed by atoms with Gasteiger partial charge in [0.2, 0.25) is 0 Å². The molecule has 6 heteroatoms. The molecule has 31 heavy (non-hydrogen) atoms. The molecule has 3 heterocycles. The van der Waals surface area contributed by atoms with Crippen LogP contribution in [0, 0.1) is 19.7 Å². The lowest BCUT2D eigenvalue weighted by Crippen LogP contribution is -2.17. The number of pyridine rings is 1. The normalized spacial score (nSPS) is 14.0. The van der Waals surface area contributed by atoms with Gasteiger partial charge in [-0.05, 0) is 62.6 Å². The molecule has 0 spiro atoms. The lowest BCUT2D eigenvalue weighted by molar-refractivity contribution is 0.0733. The Morgan fingerprint density at radius 2 is 1.97 bits per heavy atom. The van der Waals surface area contributed by atoms with Gasteiger partial charge in [-0.3, -0.25) is 4.68 Å². The molecule has 0 saturated heterocycles. The summed E-state index contributed by atoms with van der Waals surface area (Å²) in [6, 6.07) is 3.42. The van der Waals surface area contributed by atoms with E-state index in [9.17, 15) is 4.79 Å². The Kier molecular flexibility index (Phi) is 5.36. The molecule has 0 radical (unpaired) electrons. The van der Waals surface area contributed by atoms with Crippen LogP contribution in [0.4, 0.5) is 4.39 Å². The van der Waals surface area contributed by atoms with Gasteiger partial charge in [-0.25, -0.2) is 14.2 Å². The summed E-state index contributed by atoms with van der Waals surface area (Å²) in [5.74, 6) is -0.438. The first kappa shape index (κ1) is 21.5. The summed E-state index contributed by atoms with van der Waals surface area (Å²) in [6.07, 6.45) is 3.57. The molecule has 0 aliphatic carbocycles. The monoisotopic (exact) mass is 423 g/mol. The van der Waals surface area contributed by atoms with Crippen LogP contribution in [0.15, 0.2) is 12.1 Å². The first-order valence-electron chi connectivity index (χ1n) is 11.0. The number of esters is 1. The Balaban J connectivity index is 1.87. The highest BCUT2D eigenvalue weighted by molar-refractivity contribution is 5.97. The van der Waals surface area contributed by atoms with Gasteiger partial charge in [-0.2, -0.15) is 5.10 Å². The second-order valence-electron chi connectivity index (χ2n) is 9.45. The molecule has 1 aliphatic heterocycles. The topological polar surface area (TPSA) is 57.0 Å². The summed E-state index contributed by atoms with van der Waals surface area (Å²) in [5, 5.41) is 5.17. The SMILES string of the molecule is CCc1nn2c(c1C(=O)Oc1c(C)c(C)nc3c(F)cc(C(C)(C)C)cc13)CCCC2. The van der Waals surface area contributed by atoms with E-state index in [0.717, 1.165) is 48.3 Å². The Labute approximate surface area is 182 Å². The maximum absolute atomic E-state index is 15.0. The third-order valence-electron chi connectivity index (χ3n) is 6.23. The summed E-state index contributed by atoms with van der Waals surface area (Å²) in [6.45, 7) is 12.6. The van der Waals surface area contributed by atoms with Gasteiger partial charge in [0, 0.05) is 23.2 Å². The highest BCUT2D eigenvalue weighted by Gasteiger charge is 2.28. The van der Waals surface area contributed by atoms with E-state index in [1.807, 2.05) is 52.3 Å². The highest BCUT2D eigenvalue weighted by Crippen LogP contribution is 2.36. The van der Waals surface area contributed by atoms with Crippen LogP contribution in [0.5, 0.6) is 5.75 Å². The molecule has 1 aromatic carbocycles. The molecule has 4 rings (SSSR count). The van der Waals surface area contributed by atoms with Crippen LogP contribution in [-0.4, -0.2) is 20.7 Å². The van der Waals surface area contributed by atoms with Crippen molar-refractivity contribution >= 4 is 16.9 Å². The number of aryl methyl sites for hydroxylation is 3. The van der Waals surface area contributed by atoms with Crippen LogP contribution in [0.1, 0.15) is 79.1 Å². The molecular formula is C25H30FN3O2. The van der Waals surface area contributed by atoms with E-state index in [2.05, 4.69) is 10.1 Å². The number of benzene rings is 1. The molecule has 5 nitrogen and oxygen atoms in total. The molecule has 0 fully saturated rings. The van der Waals surface area contributed by atoms with Crippen LogP contribution in [0.3, 0.4) is 0 Å². The lowest BCUT2D eigenvalue weighted by Gasteiger charge is -2.21. The number of fused-ring (bicyclic) bond motifs is 2. The zero-order chi connectivity index (χ0) is 22.5. The summed E-state index contributed by atoms with van der Waals surface area (Å²) < 4.78 is 23.0. The molecule has 2 aromatic heterocycles. The van der Waals surface area contributed by atoms with Gasteiger partial charge in [0.1, 0.15) is 22.6 Å². The Bertz CT molecular complexity index is 1190. The lowest BCUT2D eigenvalue weighted by atomic mass is 9.86. The van der Waals surface area contributed by atoms with Crippen molar-refractivity contribution in [2.24, 2.45) is 0 Å². The van der Waals surface area contributed by atoms with E-state index in [1.54, 1.807) is 0 Å². The zero-order valence-electron chi connectivity index (χ0n) is 19.2. The molecule has 0 unspecified atom stereocenters. The average molecular weight is 424 g/mol. The quantitative estimate of drug-likeness (QED) is 0.514. The Hall–Kier alpha value is -2.76. The molecule has 1 aliphatic rings. The summed E-state index contributed by atoms with van der Waals surface area (Å²) >= 11 is 0. The van der Waals surface area contributed by atoms with E-state index in [4.69, 9.17) is 4.74 Å². The van der Waals surface area contributed by atoms with E-state index < -0.39 is 11.8 Å². The minimum atomic E-state index is -0.420. The summed E-state index contributed by atoms with van der Waals surface area (Å²) in [7, 11) is 0. The van der Waals surface area contributed by atoms with Gasteiger partial charge in [-0.1, -0.05) is 27.7 Å². The molecule has 0 atom stereocenters.